The van der Waals surface area contributed by atoms with Crippen molar-refractivity contribution in [1.29, 1.82) is 0 Å². The molecule has 0 aliphatic carbocycles. The maximum Gasteiger partial charge on any atom is 0.343 e. The van der Waals surface area contributed by atoms with Crippen molar-refractivity contribution in [3.05, 3.63) is 128 Å². The summed E-state index contributed by atoms with van der Waals surface area (Å²) >= 11 is 6.73. The fourth-order valence-electron chi connectivity index (χ4n) is 3.95. The molecule has 4 aromatic rings. The first-order valence-electron chi connectivity index (χ1n) is 11.5. The van der Waals surface area contributed by atoms with Gasteiger partial charge in [0, 0.05) is 14.9 Å². The van der Waals surface area contributed by atoms with Gasteiger partial charge in [0.25, 0.3) is 0 Å². The van der Waals surface area contributed by atoms with E-state index in [-0.39, 0.29) is 5.92 Å². The second kappa shape index (κ2) is 11.7. The summed E-state index contributed by atoms with van der Waals surface area (Å²) in [7, 11) is 0. The highest BCUT2D eigenvalue weighted by Crippen LogP contribution is 2.34. The first-order valence-corrected chi connectivity index (χ1v) is 13.0. The van der Waals surface area contributed by atoms with E-state index in [9.17, 15) is 9.59 Å². The fraction of sp³-hybridized carbons (Fsp3) is 0.133. The predicted octanol–water partition coefficient (Wildman–Crippen LogP) is 8.44. The second-order valence-electron chi connectivity index (χ2n) is 8.65. The van der Waals surface area contributed by atoms with Gasteiger partial charge in [0.05, 0.1) is 11.1 Å². The van der Waals surface area contributed by atoms with Gasteiger partial charge in [-0.2, -0.15) is 0 Å². The predicted molar refractivity (Wildman–Crippen MR) is 148 cm³/mol. The van der Waals surface area contributed by atoms with Crippen LogP contribution in [0.1, 0.15) is 51.6 Å². The van der Waals surface area contributed by atoms with Crippen molar-refractivity contribution in [2.75, 3.05) is 0 Å². The molecule has 182 valence electrons. The SMILES string of the molecule is CC(C)C(c1ccc(OC(=O)c2ccc(Br)cc2)cc1)c1ccc(OC(=O)c2ccc(Br)cc2)cc1. The molecule has 0 saturated carbocycles. The summed E-state index contributed by atoms with van der Waals surface area (Å²) < 4.78 is 12.9. The van der Waals surface area contributed by atoms with E-state index in [2.05, 4.69) is 45.7 Å². The molecule has 0 radical (unpaired) electrons. The summed E-state index contributed by atoms with van der Waals surface area (Å²) in [5, 5.41) is 0. The molecule has 0 bridgehead atoms. The normalized spacial score (nSPS) is 10.9. The van der Waals surface area contributed by atoms with Gasteiger partial charge >= 0.3 is 11.9 Å². The monoisotopic (exact) mass is 606 g/mol. The minimum absolute atomic E-state index is 0.123. The molecule has 0 atom stereocenters. The van der Waals surface area contributed by atoms with Crippen LogP contribution in [0.3, 0.4) is 0 Å². The maximum absolute atomic E-state index is 12.4. The Balaban J connectivity index is 1.45. The summed E-state index contributed by atoms with van der Waals surface area (Å²) in [6.07, 6.45) is 0. The molecule has 6 heteroatoms. The lowest BCUT2D eigenvalue weighted by Crippen LogP contribution is -2.11. The molecule has 0 amide bonds. The van der Waals surface area contributed by atoms with Crippen molar-refractivity contribution in [3.8, 4) is 11.5 Å². The van der Waals surface area contributed by atoms with Crippen molar-refractivity contribution in [1.82, 2.24) is 0 Å². The van der Waals surface area contributed by atoms with Crippen LogP contribution >= 0.6 is 31.9 Å². The highest BCUT2D eigenvalue weighted by atomic mass is 79.9. The second-order valence-corrected chi connectivity index (χ2v) is 10.5. The van der Waals surface area contributed by atoms with E-state index in [1.54, 1.807) is 48.5 Å². The van der Waals surface area contributed by atoms with E-state index in [1.165, 1.54) is 0 Å². The van der Waals surface area contributed by atoms with Crippen LogP contribution in [-0.4, -0.2) is 11.9 Å². The average Bonchev–Trinajstić information content (AvgIpc) is 2.87. The number of carbonyl (C=O) groups is 2. The van der Waals surface area contributed by atoms with Crippen molar-refractivity contribution in [2.24, 2.45) is 5.92 Å². The minimum atomic E-state index is -0.399. The lowest BCUT2D eigenvalue weighted by Gasteiger charge is -2.22. The van der Waals surface area contributed by atoms with E-state index in [0.717, 1.165) is 20.1 Å². The number of carbonyl (C=O) groups excluding carboxylic acids is 2. The van der Waals surface area contributed by atoms with Gasteiger partial charge in [0.1, 0.15) is 11.5 Å². The van der Waals surface area contributed by atoms with Crippen molar-refractivity contribution < 1.29 is 19.1 Å². The molecule has 0 N–H and O–H groups in total. The van der Waals surface area contributed by atoms with Gasteiger partial charge in [-0.15, -0.1) is 0 Å². The molecule has 0 aliphatic heterocycles. The molecule has 36 heavy (non-hydrogen) atoms. The van der Waals surface area contributed by atoms with E-state index >= 15 is 0 Å². The number of hydrogen-bond acceptors (Lipinski definition) is 4. The van der Waals surface area contributed by atoms with Gasteiger partial charge in [-0.25, -0.2) is 9.59 Å². The van der Waals surface area contributed by atoms with Gasteiger partial charge in [0.15, 0.2) is 0 Å². The zero-order valence-electron chi connectivity index (χ0n) is 19.8. The van der Waals surface area contributed by atoms with Crippen LogP contribution in [0, 0.1) is 5.92 Å². The first-order chi connectivity index (χ1) is 17.3. The number of ether oxygens (including phenoxy) is 2. The first kappa shape index (κ1) is 25.9. The number of hydrogen-bond donors (Lipinski definition) is 0. The lowest BCUT2D eigenvalue weighted by molar-refractivity contribution is 0.0725. The van der Waals surface area contributed by atoms with E-state index in [1.807, 2.05) is 48.5 Å². The Bertz CT molecular complexity index is 1230. The molecule has 0 aromatic heterocycles. The summed E-state index contributed by atoms with van der Waals surface area (Å²) in [5.41, 5.74) is 3.19. The smallest absolute Gasteiger partial charge is 0.343 e. The summed E-state index contributed by atoms with van der Waals surface area (Å²) in [5.74, 6) is 0.622. The van der Waals surface area contributed by atoms with E-state index in [4.69, 9.17) is 9.47 Å². The van der Waals surface area contributed by atoms with Gasteiger partial charge < -0.3 is 9.47 Å². The standard InChI is InChI=1S/C30H24Br2O4/c1-19(2)28(20-7-15-26(16-8-20)35-29(33)22-3-11-24(31)12-4-22)21-9-17-27(18-10-21)36-30(34)23-5-13-25(32)14-6-23/h3-19,28H,1-2H3. The minimum Gasteiger partial charge on any atom is -0.423 e. The third kappa shape index (κ3) is 6.50. The molecule has 4 aromatic carbocycles. The number of esters is 2. The largest absolute Gasteiger partial charge is 0.423 e. The van der Waals surface area contributed by atoms with Gasteiger partial charge in [0.2, 0.25) is 0 Å². The topological polar surface area (TPSA) is 52.6 Å². The molecular weight excluding hydrogens is 584 g/mol. The average molecular weight is 608 g/mol. The fourth-order valence-corrected chi connectivity index (χ4v) is 4.48. The van der Waals surface area contributed by atoms with E-state index in [0.29, 0.717) is 28.5 Å². The maximum atomic E-state index is 12.4. The van der Waals surface area contributed by atoms with Crippen molar-refractivity contribution >= 4 is 43.8 Å². The zero-order valence-corrected chi connectivity index (χ0v) is 23.0. The molecule has 0 spiro atoms. The lowest BCUT2D eigenvalue weighted by atomic mass is 9.82. The van der Waals surface area contributed by atoms with Gasteiger partial charge in [-0.1, -0.05) is 70.0 Å². The molecular formula is C30H24Br2O4. The number of benzene rings is 4. The quantitative estimate of drug-likeness (QED) is 0.156. The molecule has 0 unspecified atom stereocenters. The van der Waals surface area contributed by atoms with Gasteiger partial charge in [-0.3, -0.25) is 0 Å². The third-order valence-corrected chi connectivity index (χ3v) is 6.78. The molecule has 4 nitrogen and oxygen atoms in total. The Labute approximate surface area is 227 Å². The number of rotatable bonds is 7. The van der Waals surface area contributed by atoms with Crippen LogP contribution in [0.15, 0.2) is 106 Å². The highest BCUT2D eigenvalue weighted by Gasteiger charge is 2.19. The van der Waals surface area contributed by atoms with Crippen LogP contribution in [0.2, 0.25) is 0 Å². The summed E-state index contributed by atoms with van der Waals surface area (Å²) in [6, 6.07) is 29.3. The van der Waals surface area contributed by atoms with Crippen molar-refractivity contribution in [2.45, 2.75) is 19.8 Å². The molecule has 0 aliphatic rings. The molecule has 0 saturated heterocycles. The highest BCUT2D eigenvalue weighted by molar-refractivity contribution is 9.10. The van der Waals surface area contributed by atoms with Crippen LogP contribution in [0.4, 0.5) is 0 Å². The van der Waals surface area contributed by atoms with Crippen LogP contribution in [0.5, 0.6) is 11.5 Å². The zero-order chi connectivity index (χ0) is 25.7. The Morgan fingerprint density at radius 1 is 0.556 bits per heavy atom. The van der Waals surface area contributed by atoms with E-state index < -0.39 is 11.9 Å². The summed E-state index contributed by atoms with van der Waals surface area (Å²) in [6.45, 7) is 4.32. The Morgan fingerprint density at radius 2 is 0.889 bits per heavy atom. The molecule has 4 rings (SSSR count). The van der Waals surface area contributed by atoms with Crippen LogP contribution in [0.25, 0.3) is 0 Å². The molecule has 0 fully saturated rings. The molecule has 0 heterocycles. The van der Waals surface area contributed by atoms with Crippen LogP contribution < -0.4 is 9.47 Å². The third-order valence-electron chi connectivity index (χ3n) is 5.73. The summed E-state index contributed by atoms with van der Waals surface area (Å²) in [4.78, 5) is 24.8. The van der Waals surface area contributed by atoms with Crippen molar-refractivity contribution in [3.63, 3.8) is 0 Å². The van der Waals surface area contributed by atoms with Gasteiger partial charge in [-0.05, 0) is 89.8 Å². The Kier molecular flexibility index (Phi) is 8.39. The Morgan fingerprint density at radius 3 is 1.19 bits per heavy atom. The number of halogens is 2. The Hall–Kier alpha value is -3.22. The van der Waals surface area contributed by atoms with Crippen LogP contribution in [-0.2, 0) is 0 Å².